The van der Waals surface area contributed by atoms with Gasteiger partial charge in [0, 0.05) is 19.2 Å². The number of carbonyl (C=O) groups is 1. The Balaban J connectivity index is 1.62. The van der Waals surface area contributed by atoms with Gasteiger partial charge in [-0.1, -0.05) is 30.3 Å². The highest BCUT2D eigenvalue weighted by molar-refractivity contribution is 5.94. The number of anilines is 1. The maximum Gasteiger partial charge on any atom is 0.414 e. The Hall–Kier alpha value is -2.82. The van der Waals surface area contributed by atoms with Crippen molar-refractivity contribution in [2.24, 2.45) is 7.05 Å². The monoisotopic (exact) mass is 335 g/mol. The minimum atomic E-state index is -0.295. The molecule has 1 amide bonds. The molecule has 0 aliphatic carbocycles. The third-order valence-electron chi connectivity index (χ3n) is 4.88. The van der Waals surface area contributed by atoms with Crippen molar-refractivity contribution in [2.75, 3.05) is 11.4 Å². The van der Waals surface area contributed by atoms with Gasteiger partial charge in [-0.2, -0.15) is 0 Å². The molecule has 0 radical (unpaired) electrons. The molecular weight excluding hydrogens is 314 g/mol. The number of nitrogens with zero attached hydrogens (tertiary/aromatic N) is 3. The van der Waals surface area contributed by atoms with E-state index < -0.39 is 0 Å². The van der Waals surface area contributed by atoms with E-state index in [0.717, 1.165) is 46.5 Å². The Morgan fingerprint density at radius 2 is 2.00 bits per heavy atom. The molecular formula is C20H21N3O2. The third kappa shape index (κ3) is 2.76. The molecule has 0 saturated heterocycles. The third-order valence-corrected chi connectivity index (χ3v) is 4.88. The number of fused-ring (bicyclic) bond motifs is 3. The number of aryl methyl sites for hydroxylation is 3. The van der Waals surface area contributed by atoms with Crippen LogP contribution in [-0.2, 0) is 24.8 Å². The maximum absolute atomic E-state index is 12.6. The number of rotatable bonds is 2. The van der Waals surface area contributed by atoms with Gasteiger partial charge in [-0.25, -0.2) is 9.78 Å². The van der Waals surface area contributed by atoms with Gasteiger partial charge in [0.1, 0.15) is 12.4 Å². The summed E-state index contributed by atoms with van der Waals surface area (Å²) in [6, 6.07) is 13.8. The van der Waals surface area contributed by atoms with E-state index in [9.17, 15) is 4.79 Å². The lowest BCUT2D eigenvalue weighted by Crippen LogP contribution is -2.36. The Morgan fingerprint density at radius 3 is 2.80 bits per heavy atom. The van der Waals surface area contributed by atoms with Crippen LogP contribution in [0.15, 0.2) is 42.5 Å². The van der Waals surface area contributed by atoms with Gasteiger partial charge in [-0.15, -0.1) is 0 Å². The van der Waals surface area contributed by atoms with Crippen LogP contribution in [0.25, 0.3) is 11.0 Å². The predicted molar refractivity (Wildman–Crippen MR) is 97.7 cm³/mol. The van der Waals surface area contributed by atoms with E-state index in [-0.39, 0.29) is 12.7 Å². The van der Waals surface area contributed by atoms with Gasteiger partial charge in [0.15, 0.2) is 0 Å². The van der Waals surface area contributed by atoms with Crippen LogP contribution in [0, 0.1) is 6.92 Å². The van der Waals surface area contributed by atoms with Gasteiger partial charge in [0.2, 0.25) is 0 Å². The first-order chi connectivity index (χ1) is 12.1. The smallest absolute Gasteiger partial charge is 0.414 e. The molecule has 1 aliphatic rings. The second-order valence-corrected chi connectivity index (χ2v) is 6.44. The zero-order valence-corrected chi connectivity index (χ0v) is 14.5. The summed E-state index contributed by atoms with van der Waals surface area (Å²) in [6.07, 6.45) is 1.56. The average Bonchev–Trinajstić information content (AvgIpc) is 2.95. The van der Waals surface area contributed by atoms with Crippen LogP contribution >= 0.6 is 0 Å². The fourth-order valence-corrected chi connectivity index (χ4v) is 3.44. The van der Waals surface area contributed by atoms with Gasteiger partial charge in [0.05, 0.1) is 16.7 Å². The number of hydrogen-bond donors (Lipinski definition) is 0. The normalized spacial score (nSPS) is 13.8. The lowest BCUT2D eigenvalue weighted by atomic mass is 10.0. The molecule has 1 aliphatic heterocycles. The molecule has 5 heteroatoms. The fourth-order valence-electron chi connectivity index (χ4n) is 3.44. The molecule has 2 heterocycles. The minimum Gasteiger partial charge on any atom is -0.444 e. The SMILES string of the molecule is Cc1nc2c3c(ccc2n1C)N(C(=O)OCc1ccccc1)CCC3. The maximum atomic E-state index is 12.6. The molecule has 0 spiro atoms. The van der Waals surface area contributed by atoms with Gasteiger partial charge in [-0.05, 0) is 37.5 Å². The summed E-state index contributed by atoms with van der Waals surface area (Å²) in [7, 11) is 2.02. The zero-order chi connectivity index (χ0) is 17.4. The number of ether oxygens (including phenoxy) is 1. The van der Waals surface area contributed by atoms with E-state index in [1.807, 2.05) is 56.4 Å². The molecule has 5 nitrogen and oxygen atoms in total. The van der Waals surface area contributed by atoms with Crippen LogP contribution in [0.3, 0.4) is 0 Å². The molecule has 0 fully saturated rings. The summed E-state index contributed by atoms with van der Waals surface area (Å²) in [6.45, 7) is 2.97. The predicted octanol–water partition coefficient (Wildman–Crippen LogP) is 3.97. The van der Waals surface area contributed by atoms with E-state index in [4.69, 9.17) is 9.72 Å². The topological polar surface area (TPSA) is 47.4 Å². The van der Waals surface area contributed by atoms with Gasteiger partial charge < -0.3 is 9.30 Å². The molecule has 0 unspecified atom stereocenters. The summed E-state index contributed by atoms with van der Waals surface area (Å²) in [5.41, 5.74) is 5.16. The number of amides is 1. The first-order valence-electron chi connectivity index (χ1n) is 8.58. The number of benzene rings is 2. The van der Waals surface area contributed by atoms with Crippen LogP contribution in [-0.4, -0.2) is 22.2 Å². The molecule has 128 valence electrons. The fraction of sp³-hybridized carbons (Fsp3) is 0.300. The lowest BCUT2D eigenvalue weighted by Gasteiger charge is -2.29. The van der Waals surface area contributed by atoms with Crippen molar-refractivity contribution in [1.29, 1.82) is 0 Å². The molecule has 2 aromatic carbocycles. The number of hydrogen-bond acceptors (Lipinski definition) is 3. The molecule has 0 N–H and O–H groups in total. The van der Waals surface area contributed by atoms with Gasteiger partial charge in [0.25, 0.3) is 0 Å². The van der Waals surface area contributed by atoms with Crippen LogP contribution in [0.5, 0.6) is 0 Å². The second kappa shape index (κ2) is 6.24. The minimum absolute atomic E-state index is 0.288. The van der Waals surface area contributed by atoms with Crippen molar-refractivity contribution in [3.63, 3.8) is 0 Å². The standard InChI is InChI=1S/C20H21N3O2/c1-14-21-19-16-9-6-12-23(17(16)10-11-18(19)22(14)2)20(24)25-13-15-7-4-3-5-8-15/h3-5,7-8,10-11H,6,9,12-13H2,1-2H3. The second-order valence-electron chi connectivity index (χ2n) is 6.44. The largest absolute Gasteiger partial charge is 0.444 e. The summed E-state index contributed by atoms with van der Waals surface area (Å²) >= 11 is 0. The molecule has 1 aromatic heterocycles. The number of aromatic nitrogens is 2. The van der Waals surface area contributed by atoms with Gasteiger partial charge in [-0.3, -0.25) is 4.90 Å². The van der Waals surface area contributed by atoms with E-state index >= 15 is 0 Å². The summed E-state index contributed by atoms with van der Waals surface area (Å²) in [5, 5.41) is 0. The Bertz CT molecular complexity index is 931. The molecule has 0 bridgehead atoms. The summed E-state index contributed by atoms with van der Waals surface area (Å²) in [4.78, 5) is 19.1. The first kappa shape index (κ1) is 15.7. The van der Waals surface area contributed by atoms with Crippen molar-refractivity contribution in [3.05, 3.63) is 59.4 Å². The van der Waals surface area contributed by atoms with E-state index in [2.05, 4.69) is 4.57 Å². The van der Waals surface area contributed by atoms with E-state index in [1.54, 1.807) is 4.90 Å². The molecule has 3 aromatic rings. The molecule has 4 rings (SSSR count). The van der Waals surface area contributed by atoms with E-state index in [0.29, 0.717) is 6.54 Å². The van der Waals surface area contributed by atoms with Crippen molar-refractivity contribution in [3.8, 4) is 0 Å². The quantitative estimate of drug-likeness (QED) is 0.712. The molecule has 25 heavy (non-hydrogen) atoms. The Kier molecular flexibility index (Phi) is 3.92. The van der Waals surface area contributed by atoms with Crippen molar-refractivity contribution in [2.45, 2.75) is 26.4 Å². The van der Waals surface area contributed by atoms with Crippen LogP contribution in [0.2, 0.25) is 0 Å². The summed E-state index contributed by atoms with van der Waals surface area (Å²) in [5.74, 6) is 0.979. The number of imidazole rings is 1. The van der Waals surface area contributed by atoms with Crippen molar-refractivity contribution < 1.29 is 9.53 Å². The van der Waals surface area contributed by atoms with Gasteiger partial charge >= 0.3 is 6.09 Å². The Morgan fingerprint density at radius 1 is 1.20 bits per heavy atom. The Labute approximate surface area is 146 Å². The van der Waals surface area contributed by atoms with Crippen LogP contribution in [0.4, 0.5) is 10.5 Å². The lowest BCUT2D eigenvalue weighted by molar-refractivity contribution is 0.146. The summed E-state index contributed by atoms with van der Waals surface area (Å²) < 4.78 is 7.61. The average molecular weight is 335 g/mol. The van der Waals surface area contributed by atoms with Crippen LogP contribution < -0.4 is 4.90 Å². The molecule has 0 saturated carbocycles. The number of carbonyl (C=O) groups excluding carboxylic acids is 1. The molecule has 0 atom stereocenters. The van der Waals surface area contributed by atoms with E-state index in [1.165, 1.54) is 0 Å². The van der Waals surface area contributed by atoms with Crippen molar-refractivity contribution in [1.82, 2.24) is 9.55 Å². The van der Waals surface area contributed by atoms with Crippen molar-refractivity contribution >= 4 is 22.8 Å². The van der Waals surface area contributed by atoms with Crippen LogP contribution in [0.1, 0.15) is 23.4 Å². The zero-order valence-electron chi connectivity index (χ0n) is 14.5. The highest BCUT2D eigenvalue weighted by atomic mass is 16.6. The highest BCUT2D eigenvalue weighted by Gasteiger charge is 2.26. The highest BCUT2D eigenvalue weighted by Crippen LogP contribution is 2.33. The first-order valence-corrected chi connectivity index (χ1v) is 8.58.